The smallest absolute Gasteiger partial charge is 0.0938 e. The van der Waals surface area contributed by atoms with Crippen molar-refractivity contribution >= 4 is 41.1 Å². The van der Waals surface area contributed by atoms with Crippen molar-refractivity contribution in [1.82, 2.24) is 0 Å². The van der Waals surface area contributed by atoms with Crippen LogP contribution in [0.3, 0.4) is 0 Å². The largest absolute Gasteiger partial charge is 0.108 e. The molecule has 50 valence electrons. The van der Waals surface area contributed by atoms with Crippen LogP contribution < -0.4 is 0 Å². The summed E-state index contributed by atoms with van der Waals surface area (Å²) in [6.07, 6.45) is 3.68. The molecule has 0 aliphatic heterocycles. The summed E-state index contributed by atoms with van der Waals surface area (Å²) >= 11 is 6.92. The van der Waals surface area contributed by atoms with E-state index in [4.69, 9.17) is 0 Å². The van der Waals surface area contributed by atoms with Crippen LogP contribution in [0.15, 0.2) is 0 Å². The molecule has 0 N–H and O–H groups in total. The van der Waals surface area contributed by atoms with Gasteiger partial charge in [-0.1, -0.05) is 51.6 Å². The minimum Gasteiger partial charge on any atom is -0.108 e. The Hall–Kier alpha value is 1.39. The van der Waals surface area contributed by atoms with Crippen LogP contribution in [0.5, 0.6) is 0 Å². The fraction of sp³-hybridized carbons (Fsp3) is 1.00. The Bertz CT molecular complexity index is 57.9. The monoisotopic (exact) mass is 260 g/mol. The van der Waals surface area contributed by atoms with Crippen molar-refractivity contribution in [1.29, 1.82) is 0 Å². The van der Waals surface area contributed by atoms with Crippen molar-refractivity contribution < 1.29 is 0 Å². The van der Waals surface area contributed by atoms with Crippen molar-refractivity contribution in [2.24, 2.45) is 0 Å². The van der Waals surface area contributed by atoms with Gasteiger partial charge in [-0.25, -0.2) is 0 Å². The molecule has 0 aromatic heterocycles. The molecule has 0 aromatic carbocycles. The molecule has 3 heteroatoms. The van der Waals surface area contributed by atoms with E-state index in [9.17, 15) is 0 Å². The van der Waals surface area contributed by atoms with Gasteiger partial charge in [-0.05, 0) is 6.42 Å². The van der Waals surface area contributed by atoms with Crippen LogP contribution in [-0.4, -0.2) is 2.97 Å². The molecule has 0 nitrogen and oxygen atoms in total. The van der Waals surface area contributed by atoms with Gasteiger partial charge in [0.05, 0.1) is 2.97 Å². The molecule has 0 radical (unpaired) electrons. The highest BCUT2D eigenvalue weighted by atomic mass is 79.9. The van der Waals surface area contributed by atoms with E-state index in [-0.39, 0.29) is 2.97 Å². The Labute approximate surface area is 70.3 Å². The Morgan fingerprint density at radius 3 is 2.12 bits per heavy atom. The van der Waals surface area contributed by atoms with Gasteiger partial charge < -0.3 is 0 Å². The standard InChI is InChI=1S/C5H11Br2P/c1-2-3-4-5(6,7)8/h2-4,8H2,1H3. The fourth-order valence-corrected chi connectivity index (χ4v) is 1.18. The summed E-state index contributed by atoms with van der Waals surface area (Å²) in [7, 11) is 2.70. The minimum absolute atomic E-state index is 0.0933. The maximum atomic E-state index is 3.46. The van der Waals surface area contributed by atoms with Gasteiger partial charge >= 0.3 is 0 Å². The normalized spacial score (nSPS) is 12.0. The molecule has 0 aliphatic carbocycles. The van der Waals surface area contributed by atoms with Crippen LogP contribution in [0.2, 0.25) is 0 Å². The van der Waals surface area contributed by atoms with Crippen molar-refractivity contribution in [3.8, 4) is 0 Å². The summed E-state index contributed by atoms with van der Waals surface area (Å²) < 4.78 is 0.0933. The lowest BCUT2D eigenvalue weighted by molar-refractivity contribution is 0.755. The molecular weight excluding hydrogens is 251 g/mol. The molecule has 0 fully saturated rings. The van der Waals surface area contributed by atoms with Gasteiger partial charge in [-0.15, -0.1) is 9.24 Å². The van der Waals surface area contributed by atoms with Crippen molar-refractivity contribution in [3.05, 3.63) is 0 Å². The summed E-state index contributed by atoms with van der Waals surface area (Å²) in [6, 6.07) is 0. The Balaban J connectivity index is 3.11. The number of alkyl halides is 2. The molecule has 1 unspecified atom stereocenters. The number of unbranched alkanes of at least 4 members (excludes halogenated alkanes) is 1. The van der Waals surface area contributed by atoms with Gasteiger partial charge in [-0.2, -0.15) is 0 Å². The third-order valence-electron chi connectivity index (χ3n) is 0.864. The lowest BCUT2D eigenvalue weighted by Gasteiger charge is -2.11. The van der Waals surface area contributed by atoms with Gasteiger partial charge in [0.2, 0.25) is 0 Å². The molecule has 0 saturated carbocycles. The maximum Gasteiger partial charge on any atom is 0.0938 e. The van der Waals surface area contributed by atoms with Gasteiger partial charge in [0.25, 0.3) is 0 Å². The summed E-state index contributed by atoms with van der Waals surface area (Å²) in [5.41, 5.74) is 0. The minimum atomic E-state index is 0.0933. The first-order valence-electron chi connectivity index (χ1n) is 2.73. The van der Waals surface area contributed by atoms with E-state index in [2.05, 4.69) is 48.0 Å². The van der Waals surface area contributed by atoms with Crippen LogP contribution in [0, 0.1) is 0 Å². The average molecular weight is 262 g/mol. The van der Waals surface area contributed by atoms with E-state index in [1.54, 1.807) is 0 Å². The summed E-state index contributed by atoms with van der Waals surface area (Å²) in [6.45, 7) is 2.19. The molecule has 0 saturated heterocycles. The van der Waals surface area contributed by atoms with E-state index in [1.807, 2.05) is 0 Å². The van der Waals surface area contributed by atoms with Gasteiger partial charge in [0.15, 0.2) is 0 Å². The zero-order valence-corrected chi connectivity index (χ0v) is 9.28. The van der Waals surface area contributed by atoms with Crippen LogP contribution in [0.4, 0.5) is 0 Å². The van der Waals surface area contributed by atoms with Gasteiger partial charge in [-0.3, -0.25) is 0 Å². The van der Waals surface area contributed by atoms with Crippen molar-refractivity contribution in [2.45, 2.75) is 29.2 Å². The number of halogens is 2. The van der Waals surface area contributed by atoms with E-state index < -0.39 is 0 Å². The third kappa shape index (κ3) is 7.39. The van der Waals surface area contributed by atoms with E-state index >= 15 is 0 Å². The molecule has 0 rings (SSSR count). The first-order chi connectivity index (χ1) is 3.56. The number of rotatable bonds is 3. The molecule has 0 spiro atoms. The zero-order valence-electron chi connectivity index (χ0n) is 4.95. The second kappa shape index (κ2) is 4.24. The van der Waals surface area contributed by atoms with Crippen molar-refractivity contribution in [3.63, 3.8) is 0 Å². The molecule has 1 atom stereocenters. The molecule has 0 aliphatic rings. The highest BCUT2D eigenvalue weighted by molar-refractivity contribution is 9.26. The molecular formula is C5H11Br2P. The Kier molecular flexibility index (Phi) is 4.98. The third-order valence-corrected chi connectivity index (χ3v) is 1.95. The van der Waals surface area contributed by atoms with E-state index in [1.165, 1.54) is 12.8 Å². The molecule has 0 amide bonds. The molecule has 0 bridgehead atoms. The number of hydrogen-bond acceptors (Lipinski definition) is 0. The predicted octanol–water partition coefficient (Wildman–Crippen LogP) is 3.50. The Morgan fingerprint density at radius 2 is 2.00 bits per heavy atom. The second-order valence-electron chi connectivity index (χ2n) is 1.86. The lowest BCUT2D eigenvalue weighted by atomic mass is 10.3. The lowest BCUT2D eigenvalue weighted by Crippen LogP contribution is -1.96. The summed E-state index contributed by atoms with van der Waals surface area (Å²) in [5.74, 6) is 0. The Morgan fingerprint density at radius 1 is 1.50 bits per heavy atom. The van der Waals surface area contributed by atoms with E-state index in [0.29, 0.717) is 0 Å². The highest BCUT2D eigenvalue weighted by Crippen LogP contribution is 2.38. The first kappa shape index (κ1) is 9.39. The topological polar surface area (TPSA) is 0 Å². The van der Waals surface area contributed by atoms with Gasteiger partial charge in [0, 0.05) is 0 Å². The summed E-state index contributed by atoms with van der Waals surface area (Å²) in [5, 5.41) is 0. The fourth-order valence-electron chi connectivity index (χ4n) is 0.412. The predicted molar refractivity (Wildman–Crippen MR) is 49.8 cm³/mol. The average Bonchev–Trinajstić information content (AvgIpc) is 1.59. The highest BCUT2D eigenvalue weighted by Gasteiger charge is 2.12. The van der Waals surface area contributed by atoms with E-state index in [0.717, 1.165) is 6.42 Å². The van der Waals surface area contributed by atoms with Crippen LogP contribution >= 0.6 is 41.1 Å². The van der Waals surface area contributed by atoms with Gasteiger partial charge in [0.1, 0.15) is 0 Å². The SMILES string of the molecule is CCCCC(P)(Br)Br. The number of hydrogen-bond donors (Lipinski definition) is 0. The van der Waals surface area contributed by atoms with Crippen LogP contribution in [0.25, 0.3) is 0 Å². The van der Waals surface area contributed by atoms with Crippen LogP contribution in [0.1, 0.15) is 26.2 Å². The quantitative estimate of drug-likeness (QED) is 0.539. The maximum absolute atomic E-state index is 3.46. The second-order valence-corrected chi connectivity index (χ2v) is 8.43. The zero-order chi connectivity index (χ0) is 6.62. The van der Waals surface area contributed by atoms with Crippen LogP contribution in [-0.2, 0) is 0 Å². The van der Waals surface area contributed by atoms with Crippen molar-refractivity contribution in [2.75, 3.05) is 0 Å². The molecule has 0 heterocycles. The molecule has 0 aromatic rings. The first-order valence-corrected chi connectivity index (χ1v) is 4.89. The summed E-state index contributed by atoms with van der Waals surface area (Å²) in [4.78, 5) is 0. The molecule has 8 heavy (non-hydrogen) atoms.